The molecule has 1 aromatic heterocycles. The smallest absolute Gasteiger partial charge is 0.213 e. The zero-order valence-electron chi connectivity index (χ0n) is 8.13. The lowest BCUT2D eigenvalue weighted by Crippen LogP contribution is -2.06. The van der Waals surface area contributed by atoms with Crippen LogP contribution >= 0.6 is 0 Å². The number of imidazole rings is 1. The lowest BCUT2D eigenvalue weighted by Gasteiger charge is -2.05. The van der Waals surface area contributed by atoms with Crippen LogP contribution in [0.1, 0.15) is 5.56 Å². The molecule has 1 N–H and O–H groups in total. The number of benzene rings is 1. The number of nitrogens with zero attached hydrogens (tertiary/aromatic N) is 2. The van der Waals surface area contributed by atoms with Gasteiger partial charge in [0.05, 0.1) is 6.54 Å². The van der Waals surface area contributed by atoms with Gasteiger partial charge in [-0.25, -0.2) is 4.98 Å². The molecule has 4 heteroatoms. The standard InChI is InChI=1S/C11H11N3O/c15-9-13-11-12-6-7-14(11)8-10-4-2-1-3-5-10/h1-7,9H,8H2,(H,12,13,15). The molecule has 4 nitrogen and oxygen atoms in total. The van der Waals surface area contributed by atoms with E-state index in [0.29, 0.717) is 18.9 Å². The first kappa shape index (κ1) is 9.45. The molecule has 0 aliphatic heterocycles. The van der Waals surface area contributed by atoms with Gasteiger partial charge in [-0.1, -0.05) is 30.3 Å². The van der Waals surface area contributed by atoms with Gasteiger partial charge < -0.3 is 4.57 Å². The highest BCUT2D eigenvalue weighted by atomic mass is 16.1. The Bertz CT molecular complexity index is 436. The van der Waals surface area contributed by atoms with Gasteiger partial charge in [0.2, 0.25) is 12.4 Å². The minimum Gasteiger partial charge on any atom is -0.313 e. The summed E-state index contributed by atoms with van der Waals surface area (Å²) in [5.74, 6) is 0.564. The van der Waals surface area contributed by atoms with Gasteiger partial charge in [-0.05, 0) is 5.56 Å². The molecule has 0 atom stereocenters. The van der Waals surface area contributed by atoms with Crippen LogP contribution in [0.3, 0.4) is 0 Å². The van der Waals surface area contributed by atoms with Crippen molar-refractivity contribution in [2.75, 3.05) is 5.32 Å². The minimum absolute atomic E-state index is 0.564. The molecule has 0 aliphatic carbocycles. The fourth-order valence-electron chi connectivity index (χ4n) is 1.41. The highest BCUT2D eigenvalue weighted by molar-refractivity contribution is 5.66. The van der Waals surface area contributed by atoms with Gasteiger partial charge in [-0.15, -0.1) is 0 Å². The Labute approximate surface area is 87.6 Å². The van der Waals surface area contributed by atoms with Crippen LogP contribution in [0, 0.1) is 0 Å². The van der Waals surface area contributed by atoms with Crippen molar-refractivity contribution in [3.63, 3.8) is 0 Å². The summed E-state index contributed by atoms with van der Waals surface area (Å²) >= 11 is 0. The van der Waals surface area contributed by atoms with Gasteiger partial charge in [0, 0.05) is 12.4 Å². The monoisotopic (exact) mass is 201 g/mol. The van der Waals surface area contributed by atoms with E-state index in [-0.39, 0.29) is 0 Å². The number of anilines is 1. The van der Waals surface area contributed by atoms with E-state index >= 15 is 0 Å². The van der Waals surface area contributed by atoms with E-state index < -0.39 is 0 Å². The summed E-state index contributed by atoms with van der Waals surface area (Å²) in [6.45, 7) is 0.705. The molecule has 76 valence electrons. The van der Waals surface area contributed by atoms with Crippen LogP contribution in [0.25, 0.3) is 0 Å². The summed E-state index contributed by atoms with van der Waals surface area (Å²) in [6, 6.07) is 10.0. The van der Waals surface area contributed by atoms with Crippen LogP contribution in [0.4, 0.5) is 5.95 Å². The van der Waals surface area contributed by atoms with E-state index in [4.69, 9.17) is 0 Å². The average Bonchev–Trinajstić information content (AvgIpc) is 2.68. The molecule has 2 rings (SSSR count). The number of hydrogen-bond donors (Lipinski definition) is 1. The molecule has 0 saturated carbocycles. The average molecular weight is 201 g/mol. The second-order valence-corrected chi connectivity index (χ2v) is 3.13. The number of carbonyl (C=O) groups excluding carboxylic acids is 1. The maximum absolute atomic E-state index is 10.3. The van der Waals surface area contributed by atoms with Crippen molar-refractivity contribution >= 4 is 12.4 Å². The number of aromatic nitrogens is 2. The highest BCUT2D eigenvalue weighted by Gasteiger charge is 2.01. The first-order valence-electron chi connectivity index (χ1n) is 4.65. The number of carbonyl (C=O) groups is 1. The third-order valence-electron chi connectivity index (χ3n) is 2.10. The third-order valence-corrected chi connectivity index (χ3v) is 2.10. The van der Waals surface area contributed by atoms with Crippen molar-refractivity contribution in [1.29, 1.82) is 0 Å². The van der Waals surface area contributed by atoms with Crippen LogP contribution in [-0.4, -0.2) is 16.0 Å². The SMILES string of the molecule is O=CNc1nccn1Cc1ccccc1. The number of hydrogen-bond acceptors (Lipinski definition) is 2. The quantitative estimate of drug-likeness (QED) is 0.762. The molecule has 0 spiro atoms. The van der Waals surface area contributed by atoms with Crippen LogP contribution in [-0.2, 0) is 11.3 Å². The van der Waals surface area contributed by atoms with Gasteiger partial charge in [0.15, 0.2) is 0 Å². The first-order valence-corrected chi connectivity index (χ1v) is 4.65. The zero-order chi connectivity index (χ0) is 10.5. The molecule has 0 unspecified atom stereocenters. The van der Waals surface area contributed by atoms with Gasteiger partial charge >= 0.3 is 0 Å². The molecule has 0 radical (unpaired) electrons. The Morgan fingerprint density at radius 1 is 1.33 bits per heavy atom. The number of amides is 1. The Morgan fingerprint density at radius 3 is 2.87 bits per heavy atom. The summed E-state index contributed by atoms with van der Waals surface area (Å²) in [4.78, 5) is 14.3. The summed E-state index contributed by atoms with van der Waals surface area (Å²) < 4.78 is 1.88. The van der Waals surface area contributed by atoms with Crippen LogP contribution in [0.15, 0.2) is 42.7 Å². The molecular formula is C11H11N3O. The van der Waals surface area contributed by atoms with Crippen molar-refractivity contribution in [3.8, 4) is 0 Å². The van der Waals surface area contributed by atoms with Crippen LogP contribution in [0.5, 0.6) is 0 Å². The molecule has 15 heavy (non-hydrogen) atoms. The van der Waals surface area contributed by atoms with Crippen LogP contribution in [0.2, 0.25) is 0 Å². The molecule has 1 heterocycles. The number of rotatable bonds is 4. The molecule has 1 aromatic carbocycles. The van der Waals surface area contributed by atoms with Crippen molar-refractivity contribution in [2.24, 2.45) is 0 Å². The predicted octanol–water partition coefficient (Wildman–Crippen LogP) is 1.50. The fraction of sp³-hybridized carbons (Fsp3) is 0.0909. The van der Waals surface area contributed by atoms with Gasteiger partial charge in [-0.2, -0.15) is 0 Å². The van der Waals surface area contributed by atoms with E-state index in [2.05, 4.69) is 10.3 Å². The summed E-state index contributed by atoms with van der Waals surface area (Å²) in [7, 11) is 0. The van der Waals surface area contributed by atoms with Crippen LogP contribution < -0.4 is 5.32 Å². The van der Waals surface area contributed by atoms with Crippen molar-refractivity contribution in [3.05, 3.63) is 48.3 Å². The topological polar surface area (TPSA) is 46.9 Å². The zero-order valence-corrected chi connectivity index (χ0v) is 8.13. The molecule has 0 aliphatic rings. The Morgan fingerprint density at radius 2 is 2.13 bits per heavy atom. The summed E-state index contributed by atoms with van der Waals surface area (Å²) in [5, 5.41) is 2.55. The minimum atomic E-state index is 0.564. The molecule has 0 saturated heterocycles. The molecule has 1 amide bonds. The molecule has 2 aromatic rings. The molecule has 0 fully saturated rings. The Hall–Kier alpha value is -2.10. The Kier molecular flexibility index (Phi) is 2.78. The second kappa shape index (κ2) is 4.41. The number of nitrogens with one attached hydrogen (secondary N) is 1. The maximum atomic E-state index is 10.3. The highest BCUT2D eigenvalue weighted by Crippen LogP contribution is 2.08. The van der Waals surface area contributed by atoms with Gasteiger partial charge in [0.1, 0.15) is 0 Å². The van der Waals surface area contributed by atoms with Crippen molar-refractivity contribution < 1.29 is 4.79 Å². The lowest BCUT2D eigenvalue weighted by atomic mass is 10.2. The van der Waals surface area contributed by atoms with E-state index in [1.807, 2.05) is 41.1 Å². The van der Waals surface area contributed by atoms with E-state index in [9.17, 15) is 4.79 Å². The summed E-state index contributed by atoms with van der Waals surface area (Å²) in [6.07, 6.45) is 4.12. The van der Waals surface area contributed by atoms with E-state index in [0.717, 1.165) is 0 Å². The lowest BCUT2D eigenvalue weighted by molar-refractivity contribution is -0.105. The normalized spacial score (nSPS) is 9.87. The summed E-state index contributed by atoms with van der Waals surface area (Å²) in [5.41, 5.74) is 1.17. The predicted molar refractivity (Wildman–Crippen MR) is 57.5 cm³/mol. The van der Waals surface area contributed by atoms with Gasteiger partial charge in [0.25, 0.3) is 0 Å². The largest absolute Gasteiger partial charge is 0.313 e. The second-order valence-electron chi connectivity index (χ2n) is 3.13. The van der Waals surface area contributed by atoms with Crippen molar-refractivity contribution in [2.45, 2.75) is 6.54 Å². The first-order chi connectivity index (χ1) is 7.40. The molecule has 0 bridgehead atoms. The van der Waals surface area contributed by atoms with E-state index in [1.165, 1.54) is 5.56 Å². The molecular weight excluding hydrogens is 190 g/mol. The third kappa shape index (κ3) is 2.22. The van der Waals surface area contributed by atoms with Gasteiger partial charge in [-0.3, -0.25) is 10.1 Å². The van der Waals surface area contributed by atoms with E-state index in [1.54, 1.807) is 6.20 Å². The Balaban J connectivity index is 2.17. The van der Waals surface area contributed by atoms with Crippen molar-refractivity contribution in [1.82, 2.24) is 9.55 Å². The fourth-order valence-corrected chi connectivity index (χ4v) is 1.41. The maximum Gasteiger partial charge on any atom is 0.213 e.